The van der Waals surface area contributed by atoms with Crippen LogP contribution < -0.4 is 5.32 Å². The standard InChI is InChI=1S/C11H16BrNO2S/c1-11(2,6-9(14)15)10(13-3)7-4-5-8(12)16-7/h4-5,10,13H,6H2,1-3H3,(H,14,15). The van der Waals surface area contributed by atoms with Gasteiger partial charge in [-0.1, -0.05) is 13.8 Å². The molecule has 1 aromatic rings. The van der Waals surface area contributed by atoms with Crippen LogP contribution in [0.25, 0.3) is 0 Å². The van der Waals surface area contributed by atoms with E-state index in [1.807, 2.05) is 33.0 Å². The third-order valence-electron chi connectivity index (χ3n) is 2.56. The Hall–Kier alpha value is -0.390. The van der Waals surface area contributed by atoms with Crippen LogP contribution in [0.15, 0.2) is 15.9 Å². The van der Waals surface area contributed by atoms with Gasteiger partial charge in [-0.25, -0.2) is 0 Å². The molecule has 3 nitrogen and oxygen atoms in total. The molecule has 0 spiro atoms. The van der Waals surface area contributed by atoms with Crippen LogP contribution in [-0.2, 0) is 4.79 Å². The van der Waals surface area contributed by atoms with Crippen molar-refractivity contribution in [1.29, 1.82) is 0 Å². The van der Waals surface area contributed by atoms with E-state index in [1.165, 1.54) is 0 Å². The first-order valence-corrected chi connectivity index (χ1v) is 6.62. The van der Waals surface area contributed by atoms with Gasteiger partial charge in [0.2, 0.25) is 0 Å². The van der Waals surface area contributed by atoms with Gasteiger partial charge in [0.05, 0.1) is 10.2 Å². The van der Waals surface area contributed by atoms with Crippen molar-refractivity contribution < 1.29 is 9.90 Å². The van der Waals surface area contributed by atoms with Crippen LogP contribution in [0, 0.1) is 5.41 Å². The molecule has 0 aliphatic carbocycles. The van der Waals surface area contributed by atoms with Crippen LogP contribution in [0.4, 0.5) is 0 Å². The zero-order chi connectivity index (χ0) is 12.3. The highest BCUT2D eigenvalue weighted by Crippen LogP contribution is 2.40. The Morgan fingerprint density at radius 2 is 2.25 bits per heavy atom. The largest absolute Gasteiger partial charge is 0.481 e. The minimum Gasteiger partial charge on any atom is -0.481 e. The summed E-state index contributed by atoms with van der Waals surface area (Å²) in [5.74, 6) is -0.763. The van der Waals surface area contributed by atoms with Crippen LogP contribution >= 0.6 is 27.3 Å². The molecule has 0 radical (unpaired) electrons. The van der Waals surface area contributed by atoms with Crippen molar-refractivity contribution in [2.24, 2.45) is 5.41 Å². The van der Waals surface area contributed by atoms with Gasteiger partial charge in [0, 0.05) is 10.9 Å². The molecular formula is C11H16BrNO2S. The SMILES string of the molecule is CNC(c1ccc(Br)s1)C(C)(C)CC(=O)O. The summed E-state index contributed by atoms with van der Waals surface area (Å²) in [6.07, 6.45) is 0.147. The molecule has 1 unspecified atom stereocenters. The van der Waals surface area contributed by atoms with E-state index in [9.17, 15) is 4.79 Å². The zero-order valence-corrected chi connectivity index (χ0v) is 12.0. The Bertz CT molecular complexity index is 376. The number of carbonyl (C=O) groups is 1. The Kier molecular flexibility index (Phi) is 4.52. The lowest BCUT2D eigenvalue weighted by molar-refractivity contribution is -0.139. The smallest absolute Gasteiger partial charge is 0.303 e. The number of hydrogen-bond donors (Lipinski definition) is 2. The van der Waals surface area contributed by atoms with E-state index in [2.05, 4.69) is 21.2 Å². The second-order valence-corrected chi connectivity index (χ2v) is 6.92. The van der Waals surface area contributed by atoms with Crippen LogP contribution in [0.3, 0.4) is 0 Å². The first-order chi connectivity index (χ1) is 7.36. The van der Waals surface area contributed by atoms with Gasteiger partial charge in [0.1, 0.15) is 0 Å². The maximum absolute atomic E-state index is 10.8. The molecule has 2 N–H and O–H groups in total. The van der Waals surface area contributed by atoms with Crippen LogP contribution in [0.1, 0.15) is 31.2 Å². The fraction of sp³-hybridized carbons (Fsp3) is 0.545. The molecule has 90 valence electrons. The van der Waals surface area contributed by atoms with Gasteiger partial charge in [-0.15, -0.1) is 11.3 Å². The lowest BCUT2D eigenvalue weighted by Gasteiger charge is -2.32. The summed E-state index contributed by atoms with van der Waals surface area (Å²) in [6, 6.07) is 4.07. The Labute approximate surface area is 108 Å². The predicted octanol–water partition coefficient (Wildman–Crippen LogP) is 3.27. The Balaban J connectivity index is 2.93. The fourth-order valence-electron chi connectivity index (χ4n) is 1.89. The lowest BCUT2D eigenvalue weighted by atomic mass is 9.80. The van der Waals surface area contributed by atoms with Crippen molar-refractivity contribution >= 4 is 33.2 Å². The van der Waals surface area contributed by atoms with Crippen molar-refractivity contribution in [2.45, 2.75) is 26.3 Å². The Morgan fingerprint density at radius 1 is 1.62 bits per heavy atom. The van der Waals surface area contributed by atoms with Gasteiger partial charge < -0.3 is 10.4 Å². The Morgan fingerprint density at radius 3 is 2.62 bits per heavy atom. The van der Waals surface area contributed by atoms with Gasteiger partial charge in [-0.3, -0.25) is 4.79 Å². The third kappa shape index (κ3) is 3.30. The minimum absolute atomic E-state index is 0.0555. The molecule has 0 saturated carbocycles. The molecule has 16 heavy (non-hydrogen) atoms. The summed E-state index contributed by atoms with van der Waals surface area (Å²) < 4.78 is 1.06. The minimum atomic E-state index is -0.763. The molecule has 1 rings (SSSR count). The molecule has 0 aromatic carbocycles. The lowest BCUT2D eigenvalue weighted by Crippen LogP contribution is -2.33. The fourth-order valence-corrected chi connectivity index (χ4v) is 3.64. The average molecular weight is 306 g/mol. The van der Waals surface area contributed by atoms with Crippen molar-refractivity contribution in [3.05, 3.63) is 20.8 Å². The van der Waals surface area contributed by atoms with E-state index in [0.717, 1.165) is 8.66 Å². The second-order valence-electron chi connectivity index (χ2n) is 4.42. The van der Waals surface area contributed by atoms with Crippen molar-refractivity contribution in [1.82, 2.24) is 5.32 Å². The number of rotatable bonds is 5. The summed E-state index contributed by atoms with van der Waals surface area (Å²) in [5, 5.41) is 12.1. The van der Waals surface area contributed by atoms with E-state index in [0.29, 0.717) is 0 Å². The summed E-state index contributed by atoms with van der Waals surface area (Å²) in [4.78, 5) is 12.0. The monoisotopic (exact) mass is 305 g/mol. The second kappa shape index (κ2) is 5.29. The maximum atomic E-state index is 10.8. The number of nitrogens with one attached hydrogen (secondary N) is 1. The molecule has 0 fully saturated rings. The van der Waals surface area contributed by atoms with Crippen molar-refractivity contribution in [3.63, 3.8) is 0 Å². The van der Waals surface area contributed by atoms with Gasteiger partial charge in [-0.2, -0.15) is 0 Å². The molecule has 1 atom stereocenters. The number of carboxylic acids is 1. The maximum Gasteiger partial charge on any atom is 0.303 e. The molecule has 0 bridgehead atoms. The summed E-state index contributed by atoms with van der Waals surface area (Å²) in [7, 11) is 1.86. The molecule has 1 heterocycles. The van der Waals surface area contributed by atoms with Crippen LogP contribution in [-0.4, -0.2) is 18.1 Å². The number of aliphatic carboxylic acids is 1. The topological polar surface area (TPSA) is 49.3 Å². The normalized spacial score (nSPS) is 13.8. The highest BCUT2D eigenvalue weighted by atomic mass is 79.9. The molecule has 0 aliphatic rings. The quantitative estimate of drug-likeness (QED) is 0.878. The molecule has 0 aliphatic heterocycles. The first kappa shape index (κ1) is 13.7. The van der Waals surface area contributed by atoms with Crippen molar-refractivity contribution in [3.8, 4) is 0 Å². The molecular weight excluding hydrogens is 290 g/mol. The van der Waals surface area contributed by atoms with E-state index >= 15 is 0 Å². The van der Waals surface area contributed by atoms with Gasteiger partial charge in [0.15, 0.2) is 0 Å². The third-order valence-corrected chi connectivity index (χ3v) is 4.24. The summed E-state index contributed by atoms with van der Waals surface area (Å²) in [6.45, 7) is 3.94. The molecule has 0 saturated heterocycles. The predicted molar refractivity (Wildman–Crippen MR) is 69.9 cm³/mol. The van der Waals surface area contributed by atoms with E-state index in [-0.39, 0.29) is 17.9 Å². The zero-order valence-electron chi connectivity index (χ0n) is 9.58. The van der Waals surface area contributed by atoms with Crippen LogP contribution in [0.2, 0.25) is 0 Å². The number of thiophene rings is 1. The molecule has 5 heteroatoms. The van der Waals surface area contributed by atoms with Crippen LogP contribution in [0.5, 0.6) is 0 Å². The van der Waals surface area contributed by atoms with E-state index in [1.54, 1.807) is 11.3 Å². The van der Waals surface area contributed by atoms with Gasteiger partial charge in [0.25, 0.3) is 0 Å². The number of carboxylic acid groups (broad SMARTS) is 1. The summed E-state index contributed by atoms with van der Waals surface area (Å²) >= 11 is 5.06. The molecule has 0 amide bonds. The van der Waals surface area contributed by atoms with Gasteiger partial charge >= 0.3 is 5.97 Å². The highest BCUT2D eigenvalue weighted by Gasteiger charge is 2.32. The summed E-state index contributed by atoms with van der Waals surface area (Å²) in [5.41, 5.74) is -0.315. The number of halogens is 1. The van der Waals surface area contributed by atoms with Crippen molar-refractivity contribution in [2.75, 3.05) is 7.05 Å². The average Bonchev–Trinajstić information content (AvgIpc) is 2.49. The first-order valence-electron chi connectivity index (χ1n) is 5.01. The highest BCUT2D eigenvalue weighted by molar-refractivity contribution is 9.11. The van der Waals surface area contributed by atoms with Gasteiger partial charge in [-0.05, 0) is 40.5 Å². The van der Waals surface area contributed by atoms with E-state index in [4.69, 9.17) is 5.11 Å². The van der Waals surface area contributed by atoms with E-state index < -0.39 is 5.97 Å². The molecule has 1 aromatic heterocycles. The number of hydrogen-bond acceptors (Lipinski definition) is 3.